The normalized spacial score (nSPS) is 31.2. The van der Waals surface area contributed by atoms with Crippen molar-refractivity contribution in [3.05, 3.63) is 162 Å². The van der Waals surface area contributed by atoms with Gasteiger partial charge in [-0.15, -0.1) is 0 Å². The second-order valence-corrected chi connectivity index (χ2v) is 18.5. The zero-order valence-corrected chi connectivity index (χ0v) is 31.1. The molecule has 1 heteroatoms. The summed E-state index contributed by atoms with van der Waals surface area (Å²) >= 11 is 0. The molecule has 3 atom stereocenters. The van der Waals surface area contributed by atoms with E-state index in [-0.39, 0.29) is 10.8 Å². The van der Waals surface area contributed by atoms with Crippen LogP contribution in [0.3, 0.4) is 0 Å². The van der Waals surface area contributed by atoms with Crippen LogP contribution in [0.4, 0.5) is 17.1 Å². The van der Waals surface area contributed by atoms with Gasteiger partial charge in [-0.05, 0) is 167 Å². The second-order valence-electron chi connectivity index (χ2n) is 18.5. The summed E-state index contributed by atoms with van der Waals surface area (Å²) in [4.78, 5) is 2.62. The molecule has 0 radical (unpaired) electrons. The predicted molar refractivity (Wildman–Crippen MR) is 221 cm³/mol. The summed E-state index contributed by atoms with van der Waals surface area (Å²) in [5.74, 6) is 5.02. The number of fused-ring (bicyclic) bond motifs is 11. The molecule has 0 N–H and O–H groups in total. The van der Waals surface area contributed by atoms with Crippen molar-refractivity contribution in [3.63, 3.8) is 0 Å². The average molecular weight is 698 g/mol. The molecule has 6 bridgehead atoms. The van der Waals surface area contributed by atoms with Crippen molar-refractivity contribution in [2.75, 3.05) is 4.90 Å². The first kappa shape index (κ1) is 30.4. The first-order valence-corrected chi connectivity index (χ1v) is 21.1. The molecule has 6 aromatic carbocycles. The van der Waals surface area contributed by atoms with Crippen LogP contribution < -0.4 is 4.90 Å². The molecular formula is C53H47N. The first-order chi connectivity index (χ1) is 26.7. The Morgan fingerprint density at radius 2 is 1.00 bits per heavy atom. The summed E-state index contributed by atoms with van der Waals surface area (Å²) in [5.41, 5.74) is 19.0. The van der Waals surface area contributed by atoms with Crippen molar-refractivity contribution >= 4 is 17.1 Å². The summed E-state index contributed by atoms with van der Waals surface area (Å²) in [5, 5.41) is 0. The third-order valence-electron chi connectivity index (χ3n) is 16.3. The number of benzene rings is 6. The minimum Gasteiger partial charge on any atom is -0.310 e. The maximum Gasteiger partial charge on any atom is 0.0540 e. The molecule has 0 aromatic heterocycles. The van der Waals surface area contributed by atoms with E-state index < -0.39 is 0 Å². The topological polar surface area (TPSA) is 3.24 Å². The summed E-state index contributed by atoms with van der Waals surface area (Å²) in [6.07, 6.45) is 12.6. The zero-order chi connectivity index (χ0) is 35.2. The minimum absolute atomic E-state index is 0.137. The number of rotatable bonds is 4. The molecule has 264 valence electrons. The van der Waals surface area contributed by atoms with Gasteiger partial charge in [0, 0.05) is 27.8 Å². The van der Waals surface area contributed by atoms with E-state index in [1.165, 1.54) is 108 Å². The van der Waals surface area contributed by atoms with Crippen LogP contribution in [-0.2, 0) is 10.8 Å². The van der Waals surface area contributed by atoms with E-state index in [2.05, 4.69) is 144 Å². The molecule has 14 rings (SSSR count). The third-order valence-corrected chi connectivity index (χ3v) is 16.3. The Morgan fingerprint density at radius 3 is 1.74 bits per heavy atom. The van der Waals surface area contributed by atoms with Crippen molar-refractivity contribution in [2.24, 2.45) is 35.5 Å². The van der Waals surface area contributed by atoms with E-state index >= 15 is 0 Å². The van der Waals surface area contributed by atoms with Gasteiger partial charge in [-0.1, -0.05) is 116 Å². The lowest BCUT2D eigenvalue weighted by Gasteiger charge is -2.61. The quantitative estimate of drug-likeness (QED) is 0.177. The molecular weight excluding hydrogens is 651 g/mol. The van der Waals surface area contributed by atoms with Gasteiger partial charge in [-0.3, -0.25) is 0 Å². The molecule has 54 heavy (non-hydrogen) atoms. The van der Waals surface area contributed by atoms with Gasteiger partial charge in [0.05, 0.1) is 5.69 Å². The lowest BCUT2D eigenvalue weighted by molar-refractivity contribution is -0.0399. The summed E-state index contributed by atoms with van der Waals surface area (Å²) in [7, 11) is 0. The molecule has 6 fully saturated rings. The van der Waals surface area contributed by atoms with Gasteiger partial charge in [0.25, 0.3) is 0 Å². The highest BCUT2D eigenvalue weighted by Gasteiger charge is 2.62. The van der Waals surface area contributed by atoms with Gasteiger partial charge in [0.2, 0.25) is 0 Å². The monoisotopic (exact) mass is 697 g/mol. The molecule has 0 heterocycles. The fraction of sp³-hybridized carbons (Fsp3) is 0.321. The van der Waals surface area contributed by atoms with Gasteiger partial charge in [-0.2, -0.15) is 0 Å². The van der Waals surface area contributed by atoms with E-state index in [1.807, 2.05) is 0 Å². The van der Waals surface area contributed by atoms with E-state index in [0.29, 0.717) is 0 Å². The molecule has 8 aliphatic rings. The number of nitrogens with zero attached hydrogens (tertiary/aromatic N) is 1. The van der Waals surface area contributed by atoms with Crippen molar-refractivity contribution < 1.29 is 0 Å². The smallest absolute Gasteiger partial charge is 0.0540 e. The highest BCUT2D eigenvalue weighted by atomic mass is 15.1. The molecule has 6 aromatic rings. The molecule has 2 spiro atoms. The molecule has 3 unspecified atom stereocenters. The molecule has 0 saturated heterocycles. The summed E-state index contributed by atoms with van der Waals surface area (Å²) in [6, 6.07) is 54.4. The van der Waals surface area contributed by atoms with Gasteiger partial charge in [0.15, 0.2) is 0 Å². The summed E-state index contributed by atoms with van der Waals surface area (Å²) < 4.78 is 0. The van der Waals surface area contributed by atoms with Gasteiger partial charge >= 0.3 is 0 Å². The Labute approximate surface area is 320 Å². The molecule has 0 amide bonds. The zero-order valence-electron chi connectivity index (χ0n) is 31.1. The summed E-state index contributed by atoms with van der Waals surface area (Å²) in [6.45, 7) is 0. The van der Waals surface area contributed by atoms with Crippen molar-refractivity contribution in [1.29, 1.82) is 0 Å². The largest absolute Gasteiger partial charge is 0.310 e. The Balaban J connectivity index is 1.04. The average Bonchev–Trinajstić information content (AvgIpc) is 3.97. The SMILES string of the molecule is c1ccc(-c2ccccc2N(c2ccc3c(c2)-c2ccccc2C32C3CC4CC(C3)CC2C4)c2ccc3c(c2)C2(CC4CCC2C4)c2ccccc2-3)cc1. The van der Waals surface area contributed by atoms with Crippen LogP contribution >= 0.6 is 0 Å². The second kappa shape index (κ2) is 10.9. The first-order valence-electron chi connectivity index (χ1n) is 21.1. The van der Waals surface area contributed by atoms with Crippen molar-refractivity contribution in [1.82, 2.24) is 0 Å². The van der Waals surface area contributed by atoms with Crippen LogP contribution in [0.5, 0.6) is 0 Å². The fourth-order valence-electron chi connectivity index (χ4n) is 14.8. The fourth-order valence-corrected chi connectivity index (χ4v) is 14.8. The van der Waals surface area contributed by atoms with Crippen molar-refractivity contribution in [3.8, 4) is 33.4 Å². The van der Waals surface area contributed by atoms with E-state index in [1.54, 1.807) is 22.3 Å². The Bertz CT molecular complexity index is 2480. The van der Waals surface area contributed by atoms with E-state index in [4.69, 9.17) is 0 Å². The van der Waals surface area contributed by atoms with Crippen LogP contribution in [-0.4, -0.2) is 0 Å². The highest BCUT2D eigenvalue weighted by molar-refractivity contribution is 5.93. The Hall–Kier alpha value is -4.88. The van der Waals surface area contributed by atoms with Crippen LogP contribution in [0, 0.1) is 35.5 Å². The maximum absolute atomic E-state index is 2.64. The van der Waals surface area contributed by atoms with E-state index in [9.17, 15) is 0 Å². The maximum atomic E-state index is 2.64. The number of para-hydroxylation sites is 1. The van der Waals surface area contributed by atoms with Crippen LogP contribution in [0.25, 0.3) is 33.4 Å². The van der Waals surface area contributed by atoms with Gasteiger partial charge in [-0.25, -0.2) is 0 Å². The third kappa shape index (κ3) is 3.81. The van der Waals surface area contributed by atoms with Crippen LogP contribution in [0.2, 0.25) is 0 Å². The molecule has 1 nitrogen and oxygen atoms in total. The Morgan fingerprint density at radius 1 is 0.407 bits per heavy atom. The van der Waals surface area contributed by atoms with E-state index in [0.717, 1.165) is 35.5 Å². The molecule has 8 aliphatic carbocycles. The number of anilines is 3. The molecule has 6 saturated carbocycles. The standard InChI is InChI=1S/C53H47N/c1-2-10-36(11-3-1)42-12-6-9-17-51(42)54(41-20-22-45-43-13-4-7-15-47(43)52(50(45)31-41)32-33-18-19-37(52)25-33)40-21-23-49-46(30-40)44-14-5-8-16-48(44)53(49)38-26-34-24-35(28-38)29-39(53)27-34/h1-17,20-23,30-31,33-35,37-39H,18-19,24-29,32H2. The van der Waals surface area contributed by atoms with Crippen LogP contribution in [0.15, 0.2) is 140 Å². The van der Waals surface area contributed by atoms with Crippen molar-refractivity contribution in [2.45, 2.75) is 68.6 Å². The lowest BCUT2D eigenvalue weighted by Crippen LogP contribution is -2.55. The lowest BCUT2D eigenvalue weighted by atomic mass is 9.43. The number of hydrogen-bond acceptors (Lipinski definition) is 1. The number of hydrogen-bond donors (Lipinski definition) is 0. The predicted octanol–water partition coefficient (Wildman–Crippen LogP) is 13.6. The Kier molecular flexibility index (Phi) is 6.13. The minimum atomic E-state index is 0.137. The van der Waals surface area contributed by atoms with Gasteiger partial charge < -0.3 is 4.90 Å². The van der Waals surface area contributed by atoms with Crippen LogP contribution in [0.1, 0.15) is 80.0 Å². The van der Waals surface area contributed by atoms with Gasteiger partial charge in [0.1, 0.15) is 0 Å². The molecule has 0 aliphatic heterocycles. The highest BCUT2D eigenvalue weighted by Crippen LogP contribution is 2.70.